The molecule has 0 radical (unpaired) electrons. The Labute approximate surface area is 116 Å². The first-order valence-corrected chi connectivity index (χ1v) is 7.66. The van der Waals surface area contributed by atoms with Crippen molar-refractivity contribution in [2.45, 2.75) is 20.3 Å². The Hall–Kier alpha value is -1.14. The van der Waals surface area contributed by atoms with E-state index in [4.69, 9.17) is 0 Å². The van der Waals surface area contributed by atoms with Crippen molar-refractivity contribution < 1.29 is 0 Å². The molecule has 0 saturated heterocycles. The maximum Gasteiger partial charge on any atom is 0.185 e. The highest BCUT2D eigenvalue weighted by Crippen LogP contribution is 2.35. The van der Waals surface area contributed by atoms with Crippen LogP contribution in [0.4, 0.5) is 10.3 Å². The number of hydrogen-bond acceptors (Lipinski definition) is 6. The van der Waals surface area contributed by atoms with Crippen molar-refractivity contribution in [2.75, 3.05) is 30.9 Å². The molecule has 2 aromatic rings. The van der Waals surface area contributed by atoms with Gasteiger partial charge < -0.3 is 10.2 Å². The van der Waals surface area contributed by atoms with Crippen molar-refractivity contribution >= 4 is 32.9 Å². The second-order valence-corrected chi connectivity index (χ2v) is 6.11. The minimum absolute atomic E-state index is 0.970. The predicted octanol–water partition coefficient (Wildman–Crippen LogP) is 3.46. The Morgan fingerprint density at radius 1 is 1.33 bits per heavy atom. The summed E-state index contributed by atoms with van der Waals surface area (Å²) in [7, 11) is 4.02. The molecule has 18 heavy (non-hydrogen) atoms. The number of hydrogen-bond donors (Lipinski definition) is 1. The quantitative estimate of drug-likeness (QED) is 0.912. The van der Waals surface area contributed by atoms with Gasteiger partial charge in [-0.25, -0.2) is 9.97 Å². The Morgan fingerprint density at radius 3 is 2.72 bits per heavy atom. The molecule has 2 heterocycles. The first-order valence-electron chi connectivity index (χ1n) is 5.96. The van der Waals surface area contributed by atoms with Gasteiger partial charge in [-0.15, -0.1) is 11.3 Å². The molecule has 0 atom stereocenters. The average Bonchev–Trinajstić information content (AvgIpc) is 2.92. The zero-order chi connectivity index (χ0) is 13.1. The van der Waals surface area contributed by atoms with Crippen LogP contribution in [0.3, 0.4) is 0 Å². The van der Waals surface area contributed by atoms with E-state index in [9.17, 15) is 0 Å². The van der Waals surface area contributed by atoms with Gasteiger partial charge in [-0.3, -0.25) is 0 Å². The Morgan fingerprint density at radius 2 is 2.11 bits per heavy atom. The van der Waals surface area contributed by atoms with Crippen molar-refractivity contribution in [2.24, 2.45) is 0 Å². The fraction of sp³-hybridized carbons (Fsp3) is 0.500. The Balaban J connectivity index is 2.22. The van der Waals surface area contributed by atoms with E-state index in [0.717, 1.165) is 34.6 Å². The molecule has 0 aromatic carbocycles. The summed E-state index contributed by atoms with van der Waals surface area (Å²) < 4.78 is 0. The SMILES string of the molecule is CCCNc1nc(-c2sc(N(C)C)nc2C)cs1. The number of nitrogens with zero attached hydrogens (tertiary/aromatic N) is 3. The van der Waals surface area contributed by atoms with Gasteiger partial charge in [0.2, 0.25) is 0 Å². The normalized spacial score (nSPS) is 10.7. The average molecular weight is 282 g/mol. The summed E-state index contributed by atoms with van der Waals surface area (Å²) in [6, 6.07) is 0. The van der Waals surface area contributed by atoms with Crippen molar-refractivity contribution in [1.29, 1.82) is 0 Å². The van der Waals surface area contributed by atoms with Crippen LogP contribution in [-0.4, -0.2) is 30.6 Å². The third-order valence-electron chi connectivity index (χ3n) is 2.43. The molecule has 0 aliphatic heterocycles. The highest BCUT2D eigenvalue weighted by atomic mass is 32.1. The minimum Gasteiger partial charge on any atom is -0.362 e. The van der Waals surface area contributed by atoms with E-state index in [1.165, 1.54) is 4.88 Å². The maximum atomic E-state index is 4.61. The summed E-state index contributed by atoms with van der Waals surface area (Å²) in [6.45, 7) is 5.16. The van der Waals surface area contributed by atoms with Crippen LogP contribution in [0.1, 0.15) is 19.0 Å². The van der Waals surface area contributed by atoms with Crippen molar-refractivity contribution in [1.82, 2.24) is 9.97 Å². The zero-order valence-electron chi connectivity index (χ0n) is 11.1. The lowest BCUT2D eigenvalue weighted by Crippen LogP contribution is -2.07. The summed E-state index contributed by atoms with van der Waals surface area (Å²) in [5.41, 5.74) is 2.08. The molecule has 98 valence electrons. The van der Waals surface area contributed by atoms with Gasteiger partial charge in [0.1, 0.15) is 0 Å². The second kappa shape index (κ2) is 5.67. The van der Waals surface area contributed by atoms with E-state index in [-0.39, 0.29) is 0 Å². The van der Waals surface area contributed by atoms with Gasteiger partial charge in [-0.2, -0.15) is 0 Å². The molecule has 0 aliphatic rings. The molecule has 0 fully saturated rings. The molecule has 2 aromatic heterocycles. The number of rotatable bonds is 5. The van der Waals surface area contributed by atoms with E-state index < -0.39 is 0 Å². The van der Waals surface area contributed by atoms with E-state index in [1.54, 1.807) is 22.7 Å². The fourth-order valence-electron chi connectivity index (χ4n) is 1.50. The van der Waals surface area contributed by atoms with Crippen LogP contribution in [0.15, 0.2) is 5.38 Å². The number of aryl methyl sites for hydroxylation is 1. The number of thiazole rings is 2. The molecule has 0 unspecified atom stereocenters. The summed E-state index contributed by atoms with van der Waals surface area (Å²) >= 11 is 3.34. The van der Waals surface area contributed by atoms with Crippen LogP contribution >= 0.6 is 22.7 Å². The second-order valence-electron chi connectivity index (χ2n) is 4.27. The summed E-state index contributed by atoms with van der Waals surface area (Å²) in [6.07, 6.45) is 1.11. The van der Waals surface area contributed by atoms with Crippen LogP contribution in [0.25, 0.3) is 10.6 Å². The highest BCUT2D eigenvalue weighted by Gasteiger charge is 2.13. The Kier molecular flexibility index (Phi) is 4.19. The predicted molar refractivity (Wildman–Crippen MR) is 81.1 cm³/mol. The zero-order valence-corrected chi connectivity index (χ0v) is 12.8. The smallest absolute Gasteiger partial charge is 0.185 e. The highest BCUT2D eigenvalue weighted by molar-refractivity contribution is 7.19. The molecule has 0 bridgehead atoms. The first-order chi connectivity index (χ1) is 8.61. The summed E-state index contributed by atoms with van der Waals surface area (Å²) in [5.74, 6) is 0. The van der Waals surface area contributed by atoms with Gasteiger partial charge >= 0.3 is 0 Å². The van der Waals surface area contributed by atoms with Gasteiger partial charge in [0.15, 0.2) is 10.3 Å². The van der Waals surface area contributed by atoms with Crippen molar-refractivity contribution in [3.63, 3.8) is 0 Å². The molecule has 0 spiro atoms. The van der Waals surface area contributed by atoms with E-state index in [1.807, 2.05) is 25.9 Å². The monoisotopic (exact) mass is 282 g/mol. The van der Waals surface area contributed by atoms with Gasteiger partial charge in [-0.1, -0.05) is 18.3 Å². The first kappa shape index (κ1) is 13.3. The summed E-state index contributed by atoms with van der Waals surface area (Å²) in [5, 5.41) is 7.43. The van der Waals surface area contributed by atoms with Crippen LogP contribution in [0, 0.1) is 6.92 Å². The van der Waals surface area contributed by atoms with Gasteiger partial charge in [-0.05, 0) is 13.3 Å². The molecule has 1 N–H and O–H groups in total. The molecular formula is C12H18N4S2. The number of anilines is 2. The molecule has 0 saturated carbocycles. The van der Waals surface area contributed by atoms with Crippen LogP contribution in [-0.2, 0) is 0 Å². The van der Waals surface area contributed by atoms with E-state index in [2.05, 4.69) is 27.6 Å². The molecular weight excluding hydrogens is 264 g/mol. The minimum atomic E-state index is 0.970. The maximum absolute atomic E-state index is 4.61. The van der Waals surface area contributed by atoms with Gasteiger partial charge in [0.25, 0.3) is 0 Å². The number of aromatic nitrogens is 2. The molecule has 6 heteroatoms. The lowest BCUT2D eigenvalue weighted by atomic mass is 10.3. The molecule has 0 amide bonds. The lowest BCUT2D eigenvalue weighted by molar-refractivity contribution is 0.976. The largest absolute Gasteiger partial charge is 0.362 e. The van der Waals surface area contributed by atoms with E-state index in [0.29, 0.717) is 0 Å². The molecule has 2 rings (SSSR count). The molecule has 0 aliphatic carbocycles. The van der Waals surface area contributed by atoms with Crippen LogP contribution in [0.2, 0.25) is 0 Å². The van der Waals surface area contributed by atoms with Gasteiger partial charge in [0.05, 0.1) is 16.3 Å². The fourth-order valence-corrected chi connectivity index (χ4v) is 3.26. The number of nitrogens with one attached hydrogen (secondary N) is 1. The third kappa shape index (κ3) is 2.81. The molecule has 4 nitrogen and oxygen atoms in total. The standard InChI is InChI=1S/C12H18N4S2/c1-5-6-13-11-15-9(7-17-11)10-8(2)14-12(18-10)16(3)4/h7H,5-6H2,1-4H3,(H,13,15). The third-order valence-corrected chi connectivity index (χ3v) is 4.58. The van der Waals surface area contributed by atoms with Crippen molar-refractivity contribution in [3.8, 4) is 10.6 Å². The Bertz CT molecular complexity index is 516. The van der Waals surface area contributed by atoms with E-state index >= 15 is 0 Å². The van der Waals surface area contributed by atoms with Crippen molar-refractivity contribution in [3.05, 3.63) is 11.1 Å². The topological polar surface area (TPSA) is 41.1 Å². The van der Waals surface area contributed by atoms with Gasteiger partial charge in [0, 0.05) is 26.0 Å². The van der Waals surface area contributed by atoms with Crippen LogP contribution < -0.4 is 10.2 Å². The summed E-state index contributed by atoms with van der Waals surface area (Å²) in [4.78, 5) is 12.4. The lowest BCUT2D eigenvalue weighted by Gasteiger charge is -2.04. The van der Waals surface area contributed by atoms with Crippen LogP contribution in [0.5, 0.6) is 0 Å².